The summed E-state index contributed by atoms with van der Waals surface area (Å²) in [6.07, 6.45) is 3.44. The summed E-state index contributed by atoms with van der Waals surface area (Å²) in [6.45, 7) is 5.18. The molecule has 4 rings (SSSR count). The Kier molecular flexibility index (Phi) is 7.44. The molecule has 1 aliphatic rings. The van der Waals surface area contributed by atoms with Gasteiger partial charge in [0.15, 0.2) is 0 Å². The minimum absolute atomic E-state index is 0.121. The van der Waals surface area contributed by atoms with E-state index in [0.29, 0.717) is 29.6 Å². The van der Waals surface area contributed by atoms with E-state index in [9.17, 15) is 4.79 Å². The number of carbonyl (C=O) groups excluding carboxylic acids is 1. The summed E-state index contributed by atoms with van der Waals surface area (Å²) in [5.41, 5.74) is 4.75. The highest BCUT2D eigenvalue weighted by Gasteiger charge is 2.31. The van der Waals surface area contributed by atoms with Gasteiger partial charge >= 0.3 is 0 Å². The lowest BCUT2D eigenvalue weighted by atomic mass is 10.0. The predicted octanol–water partition coefficient (Wildman–Crippen LogP) is 5.68. The Morgan fingerprint density at radius 2 is 1.97 bits per heavy atom. The van der Waals surface area contributed by atoms with Crippen molar-refractivity contribution in [1.29, 1.82) is 0 Å². The van der Waals surface area contributed by atoms with Crippen LogP contribution in [0.15, 0.2) is 72.6 Å². The van der Waals surface area contributed by atoms with Crippen LogP contribution in [-0.2, 0) is 15.9 Å². The molecule has 3 aromatic rings. The Morgan fingerprint density at radius 3 is 2.70 bits per heavy atom. The first kappa shape index (κ1) is 23.4. The monoisotopic (exact) mass is 479 g/mol. The van der Waals surface area contributed by atoms with Crippen molar-refractivity contribution < 1.29 is 9.32 Å². The number of aromatic nitrogens is 1. The first-order valence-corrected chi connectivity index (χ1v) is 12.5. The molecule has 1 amide bonds. The Hall–Kier alpha value is -2.72. The molecule has 2 aromatic carbocycles. The molecule has 0 saturated carbocycles. The molecule has 2 N–H and O–H groups in total. The molecule has 0 bridgehead atoms. The fourth-order valence-corrected chi connectivity index (χ4v) is 5.98. The van der Waals surface area contributed by atoms with E-state index >= 15 is 0 Å². The Morgan fingerprint density at radius 1 is 1.18 bits per heavy atom. The van der Waals surface area contributed by atoms with Crippen LogP contribution in [0, 0.1) is 0 Å². The summed E-state index contributed by atoms with van der Waals surface area (Å²) in [5, 5.41) is 9.03. The fourth-order valence-electron chi connectivity index (χ4n) is 3.84. The summed E-state index contributed by atoms with van der Waals surface area (Å²) < 4.78 is 6.10. The molecule has 1 unspecified atom stereocenters. The summed E-state index contributed by atoms with van der Waals surface area (Å²) in [6, 6.07) is 18.0. The third-order valence-corrected chi connectivity index (χ3v) is 7.88. The number of pyridine rings is 1. The maximum Gasteiger partial charge on any atom is 0.250 e. The van der Waals surface area contributed by atoms with Crippen LogP contribution in [0.5, 0.6) is 0 Å². The van der Waals surface area contributed by atoms with Gasteiger partial charge in [0.25, 0.3) is 0 Å². The summed E-state index contributed by atoms with van der Waals surface area (Å²) in [5.74, 6) is 0.273. The van der Waals surface area contributed by atoms with Crippen LogP contribution in [0.3, 0.4) is 0 Å². The minimum Gasteiger partial charge on any atom is -0.380 e. The van der Waals surface area contributed by atoms with Crippen LogP contribution in [-0.4, -0.2) is 24.5 Å². The van der Waals surface area contributed by atoms with Crippen LogP contribution >= 0.6 is 19.7 Å². The van der Waals surface area contributed by atoms with Gasteiger partial charge in [0.2, 0.25) is 5.91 Å². The summed E-state index contributed by atoms with van der Waals surface area (Å²) in [4.78, 5) is 17.4. The van der Waals surface area contributed by atoms with Gasteiger partial charge in [-0.3, -0.25) is 9.78 Å². The highest BCUT2D eigenvalue weighted by Crippen LogP contribution is 2.55. The predicted molar refractivity (Wildman–Crippen MR) is 137 cm³/mol. The summed E-state index contributed by atoms with van der Waals surface area (Å²) in [7, 11) is 0.470. The van der Waals surface area contributed by atoms with Gasteiger partial charge in [0, 0.05) is 65.1 Å². The molecule has 0 saturated heterocycles. The van der Waals surface area contributed by atoms with E-state index in [-0.39, 0.29) is 5.91 Å². The van der Waals surface area contributed by atoms with Crippen LogP contribution in [0.2, 0.25) is 5.02 Å². The molecule has 2 heterocycles. The van der Waals surface area contributed by atoms with Gasteiger partial charge < -0.3 is 15.2 Å². The smallest absolute Gasteiger partial charge is 0.250 e. The second kappa shape index (κ2) is 10.5. The quantitative estimate of drug-likeness (QED) is 0.428. The number of benzene rings is 2. The van der Waals surface area contributed by atoms with Crippen molar-refractivity contribution in [3.05, 3.63) is 94.3 Å². The maximum atomic E-state index is 13.4. The van der Waals surface area contributed by atoms with Gasteiger partial charge in [-0.1, -0.05) is 43.6 Å². The number of nitrogens with zero attached hydrogens (tertiary/aromatic N) is 1. The average Bonchev–Trinajstić information content (AvgIpc) is 2.84. The van der Waals surface area contributed by atoms with Gasteiger partial charge in [-0.15, -0.1) is 0 Å². The average molecular weight is 480 g/mol. The van der Waals surface area contributed by atoms with Gasteiger partial charge in [-0.25, -0.2) is 0 Å². The van der Waals surface area contributed by atoms with E-state index in [0.717, 1.165) is 27.4 Å². The second-order valence-electron chi connectivity index (χ2n) is 8.14. The Labute approximate surface area is 201 Å². The second-order valence-corrected chi connectivity index (χ2v) is 10.5. The number of nitrogens with one attached hydrogen (secondary N) is 2. The highest BCUT2D eigenvalue weighted by atomic mass is 35.5. The zero-order chi connectivity index (χ0) is 23.4. The van der Waals surface area contributed by atoms with Crippen molar-refractivity contribution in [3.63, 3.8) is 0 Å². The number of amides is 1. The van der Waals surface area contributed by atoms with E-state index in [1.165, 1.54) is 5.56 Å². The molecule has 7 heteroatoms. The number of anilines is 1. The van der Waals surface area contributed by atoms with Crippen LogP contribution in [0.1, 0.15) is 36.5 Å². The number of fused-ring (bicyclic) bond motifs is 1. The Balaban J connectivity index is 1.78. The lowest BCUT2D eigenvalue weighted by molar-refractivity contribution is -0.117. The molecule has 0 radical (unpaired) electrons. The number of halogens is 1. The van der Waals surface area contributed by atoms with Crippen LogP contribution in [0.4, 0.5) is 5.69 Å². The molecular formula is C26H27ClN3O2P. The third-order valence-electron chi connectivity index (χ3n) is 5.61. The molecule has 5 nitrogen and oxygen atoms in total. The normalized spacial score (nSPS) is 14.0. The number of carbonyl (C=O) groups is 1. The number of hydrogen-bond acceptors (Lipinski definition) is 4. The van der Waals surface area contributed by atoms with E-state index in [1.54, 1.807) is 19.5 Å². The molecule has 0 aliphatic carbocycles. The number of hydrogen-bond donors (Lipinski definition) is 2. The van der Waals surface area contributed by atoms with Gasteiger partial charge in [-0.05, 0) is 53.4 Å². The van der Waals surface area contributed by atoms with E-state index in [1.807, 2.05) is 30.3 Å². The van der Waals surface area contributed by atoms with Crippen molar-refractivity contribution in [2.45, 2.75) is 26.3 Å². The lowest BCUT2D eigenvalue weighted by Gasteiger charge is -2.29. The molecule has 0 fully saturated rings. The standard InChI is InChI=1S/C26H27ClN3O2P/c1-17(2)19-5-4-6-21(13-19)33(32-3)25-22-14-20(27)7-8-24(22)29-16-23(25)26(31)30-15-18-9-11-28-12-10-18/h4-14,17,29H,15-16H2,1-3H3,(H,30,31). The van der Waals surface area contributed by atoms with Crippen molar-refractivity contribution in [2.24, 2.45) is 0 Å². The van der Waals surface area contributed by atoms with Gasteiger partial charge in [0.1, 0.15) is 0 Å². The fraction of sp³-hybridized carbons (Fsp3) is 0.231. The third kappa shape index (κ3) is 5.27. The molecule has 0 spiro atoms. The highest BCUT2D eigenvalue weighted by molar-refractivity contribution is 7.71. The van der Waals surface area contributed by atoms with Gasteiger partial charge in [0.05, 0.1) is 8.15 Å². The van der Waals surface area contributed by atoms with E-state index in [2.05, 4.69) is 53.7 Å². The molecule has 33 heavy (non-hydrogen) atoms. The van der Waals surface area contributed by atoms with Crippen LogP contribution < -0.4 is 15.9 Å². The van der Waals surface area contributed by atoms with E-state index in [4.69, 9.17) is 16.1 Å². The SMILES string of the molecule is COP(C1=C(C(=O)NCc2ccncc2)CNc2ccc(Cl)cc21)c1cccc(C(C)C)c1. The zero-order valence-electron chi connectivity index (χ0n) is 18.9. The van der Waals surface area contributed by atoms with Crippen molar-refractivity contribution in [2.75, 3.05) is 19.0 Å². The molecule has 1 aliphatic heterocycles. The van der Waals surface area contributed by atoms with Crippen LogP contribution in [0.25, 0.3) is 5.31 Å². The molecule has 1 atom stereocenters. The van der Waals surface area contributed by atoms with Crippen molar-refractivity contribution in [3.8, 4) is 0 Å². The number of rotatable bonds is 7. The first-order chi connectivity index (χ1) is 16.0. The van der Waals surface area contributed by atoms with E-state index < -0.39 is 8.15 Å². The van der Waals surface area contributed by atoms with Crippen molar-refractivity contribution in [1.82, 2.24) is 10.3 Å². The zero-order valence-corrected chi connectivity index (χ0v) is 20.6. The van der Waals surface area contributed by atoms with Crippen molar-refractivity contribution >= 4 is 42.0 Å². The maximum absolute atomic E-state index is 13.4. The largest absolute Gasteiger partial charge is 0.380 e. The molecule has 170 valence electrons. The topological polar surface area (TPSA) is 63.2 Å². The van der Waals surface area contributed by atoms with Gasteiger partial charge in [-0.2, -0.15) is 0 Å². The minimum atomic E-state index is -1.24. The lowest BCUT2D eigenvalue weighted by Crippen LogP contribution is -2.30. The first-order valence-electron chi connectivity index (χ1n) is 10.9. The molecule has 1 aromatic heterocycles. The Bertz CT molecular complexity index is 1180. The summed E-state index contributed by atoms with van der Waals surface area (Å²) >= 11 is 6.38. The molecular weight excluding hydrogens is 453 g/mol.